The van der Waals surface area contributed by atoms with Crippen molar-refractivity contribution in [2.24, 2.45) is 0 Å². The van der Waals surface area contributed by atoms with Gasteiger partial charge in [-0.1, -0.05) is 12.7 Å². The first-order valence-electron chi connectivity index (χ1n) is 5.06. The van der Waals surface area contributed by atoms with E-state index in [2.05, 4.69) is 23.8 Å². The lowest BCUT2D eigenvalue weighted by Crippen LogP contribution is -2.39. The molecule has 0 unspecified atom stereocenters. The second-order valence-corrected chi connectivity index (χ2v) is 3.06. The standard InChI is InChI=1S/C11H20N2O2/c1-5-7-8-10(9(3)12-4)13-11(14)15-6-2/h5,10,12H,1,3,6-8H2,2,4H3,(H,13,14)/t10-/m0/s1. The number of allylic oxidation sites excluding steroid dienone is 1. The molecule has 86 valence electrons. The average Bonchev–Trinajstić information content (AvgIpc) is 2.23. The van der Waals surface area contributed by atoms with Gasteiger partial charge in [0.05, 0.1) is 12.6 Å². The van der Waals surface area contributed by atoms with Crippen LogP contribution in [0.15, 0.2) is 24.9 Å². The average molecular weight is 212 g/mol. The zero-order chi connectivity index (χ0) is 11.7. The fraction of sp³-hybridized carbons (Fsp3) is 0.545. The Balaban J connectivity index is 4.16. The van der Waals surface area contributed by atoms with Crippen molar-refractivity contribution in [3.63, 3.8) is 0 Å². The van der Waals surface area contributed by atoms with Crippen LogP contribution in [0.25, 0.3) is 0 Å². The topological polar surface area (TPSA) is 50.4 Å². The number of alkyl carbamates (subject to hydrolysis) is 1. The molecule has 4 nitrogen and oxygen atoms in total. The summed E-state index contributed by atoms with van der Waals surface area (Å²) in [7, 11) is 1.77. The van der Waals surface area contributed by atoms with E-state index in [0.717, 1.165) is 18.5 Å². The SMILES string of the molecule is C=CCC[C@H](NC(=O)OCC)C(=C)NC. The van der Waals surface area contributed by atoms with Gasteiger partial charge < -0.3 is 15.4 Å². The van der Waals surface area contributed by atoms with Crippen LogP contribution in [0.3, 0.4) is 0 Å². The van der Waals surface area contributed by atoms with Crippen LogP contribution in [-0.4, -0.2) is 25.8 Å². The molecule has 0 spiro atoms. The second kappa shape index (κ2) is 7.91. The third kappa shape index (κ3) is 5.78. The molecule has 0 saturated carbocycles. The zero-order valence-corrected chi connectivity index (χ0v) is 9.51. The molecule has 0 radical (unpaired) electrons. The minimum Gasteiger partial charge on any atom is -0.450 e. The molecule has 0 fully saturated rings. The molecular formula is C11H20N2O2. The maximum atomic E-state index is 11.2. The summed E-state index contributed by atoms with van der Waals surface area (Å²) in [4.78, 5) is 11.2. The molecule has 0 bridgehead atoms. The fourth-order valence-corrected chi connectivity index (χ4v) is 1.11. The Bertz CT molecular complexity index is 227. The van der Waals surface area contributed by atoms with Crippen LogP contribution in [0, 0.1) is 0 Å². The molecule has 0 aromatic carbocycles. The lowest BCUT2D eigenvalue weighted by Gasteiger charge is -2.19. The maximum absolute atomic E-state index is 11.2. The molecule has 0 aromatic heterocycles. The molecular weight excluding hydrogens is 192 g/mol. The predicted molar refractivity (Wildman–Crippen MR) is 61.6 cm³/mol. The van der Waals surface area contributed by atoms with Crippen molar-refractivity contribution in [1.82, 2.24) is 10.6 Å². The highest BCUT2D eigenvalue weighted by molar-refractivity contribution is 5.68. The molecule has 0 aliphatic carbocycles. The molecule has 0 aliphatic rings. The number of rotatable bonds is 7. The lowest BCUT2D eigenvalue weighted by molar-refractivity contribution is 0.149. The van der Waals surface area contributed by atoms with Crippen LogP contribution >= 0.6 is 0 Å². The van der Waals surface area contributed by atoms with Gasteiger partial charge in [0.2, 0.25) is 0 Å². The van der Waals surface area contributed by atoms with Crippen LogP contribution < -0.4 is 10.6 Å². The molecule has 0 heterocycles. The zero-order valence-electron chi connectivity index (χ0n) is 9.51. The minimum atomic E-state index is -0.414. The van der Waals surface area contributed by atoms with Crippen molar-refractivity contribution < 1.29 is 9.53 Å². The number of carbonyl (C=O) groups excluding carboxylic acids is 1. The van der Waals surface area contributed by atoms with Crippen LogP contribution in [0.1, 0.15) is 19.8 Å². The van der Waals surface area contributed by atoms with Crippen molar-refractivity contribution in [2.75, 3.05) is 13.7 Å². The first-order chi connectivity index (χ1) is 7.15. The molecule has 1 atom stereocenters. The monoisotopic (exact) mass is 212 g/mol. The fourth-order valence-electron chi connectivity index (χ4n) is 1.11. The third-order valence-corrected chi connectivity index (χ3v) is 1.97. The van der Waals surface area contributed by atoms with Gasteiger partial charge in [0.1, 0.15) is 0 Å². The summed E-state index contributed by atoms with van der Waals surface area (Å²) >= 11 is 0. The van der Waals surface area contributed by atoms with E-state index in [9.17, 15) is 4.79 Å². The molecule has 1 amide bonds. The smallest absolute Gasteiger partial charge is 0.407 e. The molecule has 0 rings (SSSR count). The van der Waals surface area contributed by atoms with Crippen molar-refractivity contribution in [3.8, 4) is 0 Å². The van der Waals surface area contributed by atoms with E-state index in [1.54, 1.807) is 14.0 Å². The summed E-state index contributed by atoms with van der Waals surface area (Å²) in [5, 5.41) is 5.65. The summed E-state index contributed by atoms with van der Waals surface area (Å²) in [5.41, 5.74) is 0.768. The molecule has 4 heteroatoms. The van der Waals surface area contributed by atoms with Gasteiger partial charge in [0.15, 0.2) is 0 Å². The Kier molecular flexibility index (Phi) is 7.14. The summed E-state index contributed by atoms with van der Waals surface area (Å²) in [5.74, 6) is 0. The molecule has 15 heavy (non-hydrogen) atoms. The van der Waals surface area contributed by atoms with E-state index in [0.29, 0.717) is 6.61 Å². The highest BCUT2D eigenvalue weighted by atomic mass is 16.5. The number of nitrogens with one attached hydrogen (secondary N) is 2. The third-order valence-electron chi connectivity index (χ3n) is 1.97. The second-order valence-electron chi connectivity index (χ2n) is 3.06. The van der Waals surface area contributed by atoms with E-state index < -0.39 is 6.09 Å². The van der Waals surface area contributed by atoms with Crippen molar-refractivity contribution in [3.05, 3.63) is 24.9 Å². The van der Waals surface area contributed by atoms with E-state index >= 15 is 0 Å². The Morgan fingerprint density at radius 2 is 2.27 bits per heavy atom. The van der Waals surface area contributed by atoms with Crippen LogP contribution in [0.5, 0.6) is 0 Å². The maximum Gasteiger partial charge on any atom is 0.407 e. The molecule has 2 N–H and O–H groups in total. The quantitative estimate of drug-likeness (QED) is 0.633. The first kappa shape index (κ1) is 13.5. The Morgan fingerprint density at radius 1 is 1.60 bits per heavy atom. The predicted octanol–water partition coefficient (Wildman–Crippen LogP) is 1.80. The van der Waals surface area contributed by atoms with Crippen LogP contribution in [0.2, 0.25) is 0 Å². The Labute approximate surface area is 91.4 Å². The van der Waals surface area contributed by atoms with Gasteiger partial charge in [0.25, 0.3) is 0 Å². The summed E-state index contributed by atoms with van der Waals surface area (Å²) in [6.45, 7) is 9.60. The number of amides is 1. The van der Waals surface area contributed by atoms with Gasteiger partial charge >= 0.3 is 6.09 Å². The van der Waals surface area contributed by atoms with E-state index in [4.69, 9.17) is 4.74 Å². The van der Waals surface area contributed by atoms with Gasteiger partial charge in [-0.05, 0) is 19.8 Å². The van der Waals surface area contributed by atoms with Gasteiger partial charge in [-0.15, -0.1) is 6.58 Å². The minimum absolute atomic E-state index is 0.118. The first-order valence-corrected chi connectivity index (χ1v) is 5.06. The van der Waals surface area contributed by atoms with E-state index in [-0.39, 0.29) is 6.04 Å². The highest BCUT2D eigenvalue weighted by Gasteiger charge is 2.14. The van der Waals surface area contributed by atoms with E-state index in [1.807, 2.05) is 6.08 Å². The van der Waals surface area contributed by atoms with E-state index in [1.165, 1.54) is 0 Å². The van der Waals surface area contributed by atoms with Crippen molar-refractivity contribution in [2.45, 2.75) is 25.8 Å². The summed E-state index contributed by atoms with van der Waals surface area (Å²) in [6.07, 6.45) is 2.98. The Morgan fingerprint density at radius 3 is 2.73 bits per heavy atom. The van der Waals surface area contributed by atoms with Gasteiger partial charge in [0, 0.05) is 12.7 Å². The van der Waals surface area contributed by atoms with Crippen molar-refractivity contribution in [1.29, 1.82) is 0 Å². The van der Waals surface area contributed by atoms with Gasteiger partial charge in [-0.2, -0.15) is 0 Å². The van der Waals surface area contributed by atoms with Crippen LogP contribution in [-0.2, 0) is 4.74 Å². The largest absolute Gasteiger partial charge is 0.450 e. The number of likely N-dealkylation sites (N-methyl/N-ethyl adjacent to an activating group) is 1. The molecule has 0 aromatic rings. The van der Waals surface area contributed by atoms with Gasteiger partial charge in [-0.3, -0.25) is 0 Å². The Hall–Kier alpha value is -1.45. The summed E-state index contributed by atoms with van der Waals surface area (Å²) < 4.78 is 4.80. The highest BCUT2D eigenvalue weighted by Crippen LogP contribution is 2.05. The number of carbonyl (C=O) groups is 1. The van der Waals surface area contributed by atoms with Crippen molar-refractivity contribution >= 4 is 6.09 Å². The summed E-state index contributed by atoms with van der Waals surface area (Å²) in [6, 6.07) is -0.118. The normalized spacial score (nSPS) is 11.3. The number of ether oxygens (including phenoxy) is 1. The number of hydrogen-bond donors (Lipinski definition) is 2. The molecule has 0 saturated heterocycles. The lowest BCUT2D eigenvalue weighted by atomic mass is 10.1. The number of hydrogen-bond acceptors (Lipinski definition) is 3. The van der Waals surface area contributed by atoms with Gasteiger partial charge in [-0.25, -0.2) is 4.79 Å². The molecule has 0 aliphatic heterocycles. The van der Waals surface area contributed by atoms with Crippen LogP contribution in [0.4, 0.5) is 4.79 Å².